The van der Waals surface area contributed by atoms with Crippen molar-refractivity contribution in [2.45, 2.75) is 90.5 Å². The summed E-state index contributed by atoms with van der Waals surface area (Å²) < 4.78 is -0.705. The first-order chi connectivity index (χ1) is 18.8. The number of quaternary nitrogens is 1. The van der Waals surface area contributed by atoms with Crippen LogP contribution >= 0.6 is 0 Å². The largest absolute Gasteiger partial charge is 0.632 e. The number of aliphatic carboxylic acids is 1. The van der Waals surface area contributed by atoms with E-state index in [2.05, 4.69) is 16.0 Å². The topological polar surface area (TPSA) is 191 Å². The van der Waals surface area contributed by atoms with E-state index in [9.17, 15) is 34.3 Å². The van der Waals surface area contributed by atoms with E-state index in [0.29, 0.717) is 25.8 Å². The van der Waals surface area contributed by atoms with E-state index in [0.717, 1.165) is 5.56 Å². The molecule has 40 heavy (non-hydrogen) atoms. The minimum absolute atomic E-state index is 0.148. The van der Waals surface area contributed by atoms with E-state index < -0.39 is 64.3 Å². The number of carboxylic acid groups (broad SMARTS) is 1. The molecule has 2 rings (SSSR count). The van der Waals surface area contributed by atoms with E-state index in [-0.39, 0.29) is 25.3 Å². The molecule has 6 N–H and O–H groups in total. The molecule has 12 nitrogen and oxygen atoms in total. The Morgan fingerprint density at radius 3 is 2.20 bits per heavy atom. The predicted molar refractivity (Wildman–Crippen MR) is 148 cm³/mol. The van der Waals surface area contributed by atoms with Gasteiger partial charge in [0, 0.05) is 24.8 Å². The van der Waals surface area contributed by atoms with Crippen LogP contribution in [0.4, 0.5) is 0 Å². The predicted octanol–water partition coefficient (Wildman–Crippen LogP) is 1.17. The fourth-order valence-corrected chi connectivity index (χ4v) is 4.90. The van der Waals surface area contributed by atoms with Gasteiger partial charge >= 0.3 is 5.97 Å². The maximum Gasteiger partial charge on any atom is 0.326 e. The minimum atomic E-state index is -1.36. The van der Waals surface area contributed by atoms with Gasteiger partial charge < -0.3 is 36.6 Å². The molecule has 6 atom stereocenters. The summed E-state index contributed by atoms with van der Waals surface area (Å²) >= 11 is 0. The molecule has 0 spiro atoms. The monoisotopic (exact) mass is 561 g/mol. The third kappa shape index (κ3) is 9.02. The molecule has 1 heterocycles. The Kier molecular flexibility index (Phi) is 12.1. The normalized spacial score (nSPS) is 21.6. The fourth-order valence-electron chi connectivity index (χ4n) is 4.90. The van der Waals surface area contributed by atoms with Crippen LogP contribution in [0.2, 0.25) is 0 Å². The number of carbonyl (C=O) groups is 5. The van der Waals surface area contributed by atoms with Crippen LogP contribution in [0.25, 0.3) is 0 Å². The van der Waals surface area contributed by atoms with Gasteiger partial charge in [0.25, 0.3) is 5.91 Å². The Balaban J connectivity index is 2.16. The lowest BCUT2D eigenvalue weighted by molar-refractivity contribution is -0.896. The van der Waals surface area contributed by atoms with Crippen molar-refractivity contribution in [3.63, 3.8) is 0 Å². The second-order valence-corrected chi connectivity index (χ2v) is 11.0. The van der Waals surface area contributed by atoms with E-state index >= 15 is 0 Å². The summed E-state index contributed by atoms with van der Waals surface area (Å²) in [4.78, 5) is 62.5. The number of amides is 4. The second-order valence-electron chi connectivity index (χ2n) is 11.0. The SMILES string of the molecule is CCC(C)[C@H](NC(=O)[C@@H]1CCC[N+]1([O-])Cc1ccccc1)C(=O)N[C@H](C(=O)N[C@@H](CCC(N)=O)C(=O)O)C(C)C. The molecule has 0 radical (unpaired) electrons. The van der Waals surface area contributed by atoms with Crippen molar-refractivity contribution in [2.75, 3.05) is 6.54 Å². The molecule has 222 valence electrons. The van der Waals surface area contributed by atoms with Crippen LogP contribution in [-0.2, 0) is 30.5 Å². The van der Waals surface area contributed by atoms with Crippen LogP contribution in [0.5, 0.6) is 0 Å². The average molecular weight is 562 g/mol. The zero-order valence-electron chi connectivity index (χ0n) is 23.7. The van der Waals surface area contributed by atoms with E-state index in [1.807, 2.05) is 37.3 Å². The Bertz CT molecular complexity index is 1050. The number of primary amides is 1. The highest BCUT2D eigenvalue weighted by atomic mass is 16.5. The molecule has 4 amide bonds. The fraction of sp³-hybridized carbons (Fsp3) is 0.607. The number of hydroxylamine groups is 3. The Labute approximate surface area is 235 Å². The van der Waals surface area contributed by atoms with Gasteiger partial charge in [0.2, 0.25) is 17.7 Å². The van der Waals surface area contributed by atoms with Crippen LogP contribution in [0.1, 0.15) is 65.4 Å². The zero-order chi connectivity index (χ0) is 30.0. The van der Waals surface area contributed by atoms with Crippen LogP contribution in [0, 0.1) is 17.0 Å². The van der Waals surface area contributed by atoms with Gasteiger partial charge in [0.05, 0.1) is 6.54 Å². The number of hydrogen-bond acceptors (Lipinski definition) is 6. The smallest absolute Gasteiger partial charge is 0.326 e. The Hall–Kier alpha value is -3.51. The highest BCUT2D eigenvalue weighted by Gasteiger charge is 2.42. The first-order valence-electron chi connectivity index (χ1n) is 13.8. The molecule has 0 aliphatic carbocycles. The molecular weight excluding hydrogens is 518 g/mol. The first kappa shape index (κ1) is 32.7. The van der Waals surface area contributed by atoms with Crippen LogP contribution in [0.15, 0.2) is 30.3 Å². The van der Waals surface area contributed by atoms with Crippen LogP contribution in [0.3, 0.4) is 0 Å². The lowest BCUT2D eigenvalue weighted by Gasteiger charge is -2.43. The Morgan fingerprint density at radius 2 is 1.65 bits per heavy atom. The highest BCUT2D eigenvalue weighted by Crippen LogP contribution is 2.29. The maximum absolute atomic E-state index is 13.7. The van der Waals surface area contributed by atoms with Gasteiger partial charge in [-0.3, -0.25) is 19.2 Å². The van der Waals surface area contributed by atoms with Crippen molar-refractivity contribution in [2.24, 2.45) is 17.6 Å². The number of benzene rings is 1. The number of nitrogens with two attached hydrogens (primary N) is 1. The number of nitrogens with one attached hydrogen (secondary N) is 3. The summed E-state index contributed by atoms with van der Waals surface area (Å²) in [6.07, 6.45) is 1.10. The number of carboxylic acids is 1. The van der Waals surface area contributed by atoms with E-state index in [1.54, 1.807) is 20.8 Å². The summed E-state index contributed by atoms with van der Waals surface area (Å²) in [6.45, 7) is 7.46. The molecule has 1 fully saturated rings. The van der Waals surface area contributed by atoms with E-state index in [1.165, 1.54) is 0 Å². The van der Waals surface area contributed by atoms with Crippen LogP contribution < -0.4 is 21.7 Å². The first-order valence-corrected chi connectivity index (χ1v) is 13.8. The van der Waals surface area contributed by atoms with Gasteiger partial charge in [-0.1, -0.05) is 64.4 Å². The number of carbonyl (C=O) groups excluding carboxylic acids is 4. The summed E-state index contributed by atoms with van der Waals surface area (Å²) in [6, 6.07) is 4.88. The molecule has 0 bridgehead atoms. The van der Waals surface area contributed by atoms with E-state index in [4.69, 9.17) is 5.73 Å². The third-order valence-electron chi connectivity index (χ3n) is 7.51. The highest BCUT2D eigenvalue weighted by molar-refractivity contribution is 5.94. The van der Waals surface area contributed by atoms with Crippen molar-refractivity contribution >= 4 is 29.6 Å². The molecule has 0 aromatic heterocycles. The van der Waals surface area contributed by atoms with Crippen molar-refractivity contribution in [3.05, 3.63) is 41.1 Å². The summed E-state index contributed by atoms with van der Waals surface area (Å²) in [5.74, 6) is -4.62. The number of likely N-dealkylation sites (tertiary alicyclic amines) is 1. The third-order valence-corrected chi connectivity index (χ3v) is 7.51. The summed E-state index contributed by atoms with van der Waals surface area (Å²) in [7, 11) is 0. The van der Waals surface area contributed by atoms with Crippen molar-refractivity contribution in [3.8, 4) is 0 Å². The van der Waals surface area contributed by atoms with Crippen molar-refractivity contribution in [1.82, 2.24) is 16.0 Å². The lowest BCUT2D eigenvalue weighted by atomic mass is 9.95. The molecule has 0 saturated carbocycles. The molecule has 1 aromatic carbocycles. The van der Waals surface area contributed by atoms with Gasteiger partial charge in [-0.05, 0) is 18.3 Å². The number of rotatable bonds is 15. The molecule has 2 unspecified atom stereocenters. The standard InChI is InChI=1S/C28H43N5O7/c1-5-18(4)24(32-25(35)21-12-9-15-33(21,40)16-19-10-7-6-8-11-19)27(37)31-23(17(2)3)26(36)30-20(28(38)39)13-14-22(29)34/h6-8,10-11,17-18,20-21,23-24H,5,9,12-16H2,1-4H3,(H2,29,34)(H,30,36)(H,31,37)(H,32,35)(H,38,39)/t18?,20-,21-,23-,24-,33?/m0/s1. The van der Waals surface area contributed by atoms with Crippen molar-refractivity contribution in [1.29, 1.82) is 0 Å². The van der Waals surface area contributed by atoms with Gasteiger partial charge in [0.15, 0.2) is 6.04 Å². The van der Waals surface area contributed by atoms with Gasteiger partial charge in [-0.25, -0.2) is 4.79 Å². The second kappa shape index (κ2) is 14.8. The summed E-state index contributed by atoms with van der Waals surface area (Å²) in [5.41, 5.74) is 5.93. The quantitative estimate of drug-likeness (QED) is 0.157. The molecule has 12 heteroatoms. The van der Waals surface area contributed by atoms with Gasteiger partial charge in [-0.15, -0.1) is 0 Å². The molecule has 1 aliphatic rings. The summed E-state index contributed by atoms with van der Waals surface area (Å²) in [5, 5.41) is 30.9. The number of hydrogen-bond donors (Lipinski definition) is 5. The molecule has 1 aromatic rings. The van der Waals surface area contributed by atoms with Crippen molar-refractivity contribution < 1.29 is 33.7 Å². The number of nitrogens with zero attached hydrogens (tertiary/aromatic N) is 1. The van der Waals surface area contributed by atoms with Crippen LogP contribution in [-0.4, -0.2) is 70.1 Å². The maximum atomic E-state index is 13.7. The average Bonchev–Trinajstić information content (AvgIpc) is 3.28. The minimum Gasteiger partial charge on any atom is -0.632 e. The Morgan fingerprint density at radius 1 is 1.02 bits per heavy atom. The molecular formula is C28H43N5O7. The van der Waals surface area contributed by atoms with Gasteiger partial charge in [0.1, 0.15) is 24.7 Å². The molecule has 1 saturated heterocycles. The molecule has 1 aliphatic heterocycles. The lowest BCUT2D eigenvalue weighted by Crippen LogP contribution is -2.61. The zero-order valence-corrected chi connectivity index (χ0v) is 23.7. The van der Waals surface area contributed by atoms with Gasteiger partial charge in [-0.2, -0.15) is 0 Å².